The van der Waals surface area contributed by atoms with E-state index < -0.39 is 0 Å². The van der Waals surface area contributed by atoms with Crippen LogP contribution in [0.15, 0.2) is 121 Å². The van der Waals surface area contributed by atoms with Crippen LogP contribution in [0, 0.1) is 0 Å². The smallest absolute Gasteiger partial charge is 0.0788 e. The van der Waals surface area contributed by atoms with Gasteiger partial charge in [-0.25, -0.2) is 4.98 Å². The van der Waals surface area contributed by atoms with Gasteiger partial charge in [0.1, 0.15) is 0 Å². The lowest BCUT2D eigenvalue weighted by atomic mass is 9.91. The van der Waals surface area contributed by atoms with E-state index >= 15 is 0 Å². The van der Waals surface area contributed by atoms with E-state index in [1.54, 1.807) is 0 Å². The first-order valence-electron chi connectivity index (χ1n) is 12.4. The summed E-state index contributed by atoms with van der Waals surface area (Å²) in [6.07, 6.45) is 1.93. The molecule has 0 unspecified atom stereocenters. The largest absolute Gasteiger partial charge is 0.256 e. The summed E-state index contributed by atoms with van der Waals surface area (Å²) in [6.45, 7) is 0. The summed E-state index contributed by atoms with van der Waals surface area (Å²) >= 11 is 1.88. The Bertz CT molecular complexity index is 2140. The third-order valence-corrected chi connectivity index (χ3v) is 8.50. The van der Waals surface area contributed by atoms with E-state index in [9.17, 15) is 0 Å². The van der Waals surface area contributed by atoms with Gasteiger partial charge < -0.3 is 0 Å². The van der Waals surface area contributed by atoms with Gasteiger partial charge in [-0.2, -0.15) is 0 Å². The molecule has 0 aliphatic rings. The molecule has 5 aromatic carbocycles. The van der Waals surface area contributed by atoms with Crippen molar-refractivity contribution in [3.05, 3.63) is 121 Å². The summed E-state index contributed by atoms with van der Waals surface area (Å²) in [5.41, 5.74) is 6.61. The van der Waals surface area contributed by atoms with Crippen molar-refractivity contribution in [1.29, 1.82) is 0 Å². The molecule has 37 heavy (non-hydrogen) atoms. The van der Waals surface area contributed by atoms with Gasteiger partial charge in [0.2, 0.25) is 0 Å². The highest BCUT2D eigenvalue weighted by Crippen LogP contribution is 2.48. The summed E-state index contributed by atoms with van der Waals surface area (Å²) < 4.78 is 2.60. The van der Waals surface area contributed by atoms with E-state index in [1.807, 2.05) is 17.5 Å². The van der Waals surface area contributed by atoms with Crippen LogP contribution in [0.2, 0.25) is 0 Å². The van der Waals surface area contributed by atoms with Crippen molar-refractivity contribution in [1.82, 2.24) is 9.97 Å². The van der Waals surface area contributed by atoms with Crippen molar-refractivity contribution >= 4 is 64.1 Å². The third-order valence-electron chi connectivity index (χ3n) is 7.30. The highest BCUT2D eigenvalue weighted by Gasteiger charge is 2.20. The number of nitrogens with zero attached hydrogens (tertiary/aromatic N) is 2. The number of pyridine rings is 2. The van der Waals surface area contributed by atoms with Crippen LogP contribution in [0.1, 0.15) is 0 Å². The average Bonchev–Trinajstić information content (AvgIpc) is 3.36. The normalized spacial score (nSPS) is 11.8. The Labute approximate surface area is 217 Å². The van der Waals surface area contributed by atoms with Crippen molar-refractivity contribution in [3.63, 3.8) is 0 Å². The number of para-hydroxylation sites is 2. The van der Waals surface area contributed by atoms with Gasteiger partial charge in [-0.1, -0.05) is 84.9 Å². The molecule has 0 saturated heterocycles. The lowest BCUT2D eigenvalue weighted by molar-refractivity contribution is 1.41. The Kier molecular flexibility index (Phi) is 4.42. The van der Waals surface area contributed by atoms with E-state index in [0.717, 1.165) is 27.7 Å². The van der Waals surface area contributed by atoms with E-state index in [2.05, 4.69) is 120 Å². The monoisotopic (exact) mass is 488 g/mol. The molecule has 0 N–H and O–H groups in total. The molecule has 0 atom stereocenters. The number of hydrogen-bond donors (Lipinski definition) is 0. The predicted molar refractivity (Wildman–Crippen MR) is 158 cm³/mol. The topological polar surface area (TPSA) is 25.8 Å². The molecule has 3 heterocycles. The van der Waals surface area contributed by atoms with Gasteiger partial charge >= 0.3 is 0 Å². The van der Waals surface area contributed by atoms with Crippen LogP contribution in [-0.2, 0) is 0 Å². The van der Waals surface area contributed by atoms with Gasteiger partial charge in [0.25, 0.3) is 0 Å². The first kappa shape index (κ1) is 20.6. The Morgan fingerprint density at radius 1 is 0.514 bits per heavy atom. The maximum Gasteiger partial charge on any atom is 0.0788 e. The molecule has 0 aliphatic carbocycles. The van der Waals surface area contributed by atoms with Crippen LogP contribution >= 0.6 is 11.3 Å². The van der Waals surface area contributed by atoms with Crippen molar-refractivity contribution < 1.29 is 0 Å². The fourth-order valence-electron chi connectivity index (χ4n) is 5.68. The zero-order chi connectivity index (χ0) is 24.3. The molecule has 0 saturated carbocycles. The summed E-state index contributed by atoms with van der Waals surface area (Å²) in [6, 6.07) is 40.8. The quantitative estimate of drug-likeness (QED) is 0.226. The summed E-state index contributed by atoms with van der Waals surface area (Å²) in [5, 5.41) is 7.42. The summed E-state index contributed by atoms with van der Waals surface area (Å²) in [5.74, 6) is 0. The van der Waals surface area contributed by atoms with Crippen molar-refractivity contribution in [2.24, 2.45) is 0 Å². The molecule has 8 aromatic rings. The first-order chi connectivity index (χ1) is 18.4. The maximum absolute atomic E-state index is 5.23. The van der Waals surface area contributed by atoms with Crippen molar-refractivity contribution in [3.8, 4) is 22.4 Å². The molecule has 0 fully saturated rings. The van der Waals surface area contributed by atoms with Crippen LogP contribution in [0.4, 0.5) is 0 Å². The van der Waals surface area contributed by atoms with Crippen LogP contribution in [-0.4, -0.2) is 9.97 Å². The number of hydrogen-bond acceptors (Lipinski definition) is 3. The average molecular weight is 489 g/mol. The van der Waals surface area contributed by atoms with Crippen LogP contribution in [0.3, 0.4) is 0 Å². The van der Waals surface area contributed by atoms with Gasteiger partial charge in [-0.3, -0.25) is 4.98 Å². The van der Waals surface area contributed by atoms with Gasteiger partial charge in [0.05, 0.1) is 16.7 Å². The lowest BCUT2D eigenvalue weighted by Gasteiger charge is -2.15. The number of rotatable bonds is 2. The fraction of sp³-hybridized carbons (Fsp3) is 0. The fourth-order valence-corrected chi connectivity index (χ4v) is 6.92. The van der Waals surface area contributed by atoms with Gasteiger partial charge in [-0.15, -0.1) is 11.3 Å². The number of benzene rings is 5. The van der Waals surface area contributed by atoms with E-state index in [-0.39, 0.29) is 0 Å². The molecule has 3 heteroatoms. The minimum atomic E-state index is 1.01. The zero-order valence-corrected chi connectivity index (χ0v) is 20.7. The van der Waals surface area contributed by atoms with Crippen LogP contribution in [0.25, 0.3) is 75.1 Å². The standard InChI is InChI=1S/C34H20N2S/c1-2-10-21(11-3-1)33-27-20-26(22-18-19-35-28-15-7-4-12-23(22)28)34-32(25-14-6-9-17-30(25)37-34)31(27)24-13-5-8-16-29(24)36-33/h1-20H. The minimum absolute atomic E-state index is 1.01. The van der Waals surface area contributed by atoms with E-state index in [1.165, 1.54) is 47.5 Å². The van der Waals surface area contributed by atoms with Crippen molar-refractivity contribution in [2.45, 2.75) is 0 Å². The zero-order valence-electron chi connectivity index (χ0n) is 19.8. The Balaban J connectivity index is 1.66. The Morgan fingerprint density at radius 2 is 1.22 bits per heavy atom. The molecule has 0 bridgehead atoms. The van der Waals surface area contributed by atoms with Crippen LogP contribution < -0.4 is 0 Å². The second kappa shape index (κ2) is 7.95. The van der Waals surface area contributed by atoms with Gasteiger partial charge in [-0.05, 0) is 35.9 Å². The molecule has 0 radical (unpaired) electrons. The summed E-state index contributed by atoms with van der Waals surface area (Å²) in [7, 11) is 0. The number of aromatic nitrogens is 2. The molecular weight excluding hydrogens is 468 g/mol. The van der Waals surface area contributed by atoms with Crippen molar-refractivity contribution in [2.75, 3.05) is 0 Å². The first-order valence-corrected chi connectivity index (χ1v) is 13.2. The summed E-state index contributed by atoms with van der Waals surface area (Å²) in [4.78, 5) is 9.88. The maximum atomic E-state index is 5.23. The van der Waals surface area contributed by atoms with Crippen LogP contribution in [0.5, 0.6) is 0 Å². The van der Waals surface area contributed by atoms with E-state index in [0.29, 0.717) is 0 Å². The molecule has 0 aliphatic heterocycles. The minimum Gasteiger partial charge on any atom is -0.256 e. The third kappa shape index (κ3) is 3.05. The Morgan fingerprint density at radius 3 is 2.08 bits per heavy atom. The molecule has 2 nitrogen and oxygen atoms in total. The second-order valence-corrected chi connectivity index (χ2v) is 10.4. The van der Waals surface area contributed by atoms with Gasteiger partial charge in [0, 0.05) is 59.0 Å². The molecule has 0 spiro atoms. The lowest BCUT2D eigenvalue weighted by Crippen LogP contribution is -1.92. The molecule has 3 aromatic heterocycles. The number of thiophene rings is 1. The molecular formula is C34H20N2S. The van der Waals surface area contributed by atoms with E-state index in [4.69, 9.17) is 4.98 Å². The second-order valence-electron chi connectivity index (χ2n) is 9.37. The van der Waals surface area contributed by atoms with Gasteiger partial charge in [0.15, 0.2) is 0 Å². The Hall–Kier alpha value is -4.60. The predicted octanol–water partition coefficient (Wildman–Crippen LogP) is 9.64. The molecule has 0 amide bonds. The SMILES string of the molecule is c1ccc(-c2nc3ccccc3c3c2cc(-c2ccnc4ccccc24)c2sc4ccccc4c23)cc1. The molecule has 8 rings (SSSR count). The number of fused-ring (bicyclic) bond motifs is 8. The highest BCUT2D eigenvalue weighted by molar-refractivity contribution is 7.26. The highest BCUT2D eigenvalue weighted by atomic mass is 32.1. The molecule has 172 valence electrons.